The minimum absolute atomic E-state index is 0.393. The summed E-state index contributed by atoms with van der Waals surface area (Å²) < 4.78 is 2.00. The summed E-state index contributed by atoms with van der Waals surface area (Å²) in [5, 5.41) is 4.42. The first-order chi connectivity index (χ1) is 12.2. The van der Waals surface area contributed by atoms with Gasteiger partial charge < -0.3 is 0 Å². The lowest BCUT2D eigenvalue weighted by Crippen LogP contribution is -2.30. The van der Waals surface area contributed by atoms with E-state index in [4.69, 9.17) is 4.98 Å². The molecule has 1 aliphatic rings. The summed E-state index contributed by atoms with van der Waals surface area (Å²) in [6, 6.07) is 0.393. The van der Waals surface area contributed by atoms with Gasteiger partial charge in [0.05, 0.1) is 17.5 Å². The minimum Gasteiger partial charge on any atom is -0.294 e. The maximum Gasteiger partial charge on any atom is 0.162 e. The van der Waals surface area contributed by atoms with Gasteiger partial charge >= 0.3 is 0 Å². The van der Waals surface area contributed by atoms with Crippen LogP contribution in [0.3, 0.4) is 0 Å². The summed E-state index contributed by atoms with van der Waals surface area (Å²) in [6.07, 6.45) is 12.0. The van der Waals surface area contributed by atoms with Crippen LogP contribution in [0.25, 0.3) is 11.4 Å². The van der Waals surface area contributed by atoms with Gasteiger partial charge in [0.1, 0.15) is 6.33 Å². The van der Waals surface area contributed by atoms with Gasteiger partial charge in [0.25, 0.3) is 0 Å². The fourth-order valence-electron chi connectivity index (χ4n) is 3.06. The van der Waals surface area contributed by atoms with E-state index in [0.29, 0.717) is 11.9 Å². The second-order valence-corrected chi connectivity index (χ2v) is 6.68. The van der Waals surface area contributed by atoms with Crippen molar-refractivity contribution >= 4 is 0 Å². The van der Waals surface area contributed by atoms with Gasteiger partial charge in [-0.05, 0) is 13.8 Å². The van der Waals surface area contributed by atoms with Crippen molar-refractivity contribution in [2.24, 2.45) is 0 Å². The van der Waals surface area contributed by atoms with Crippen LogP contribution in [0.5, 0.6) is 0 Å². The highest BCUT2D eigenvalue weighted by atomic mass is 15.3. The van der Waals surface area contributed by atoms with Gasteiger partial charge in [0.2, 0.25) is 0 Å². The Labute approximate surface area is 146 Å². The van der Waals surface area contributed by atoms with E-state index in [9.17, 15) is 0 Å². The molecule has 0 saturated heterocycles. The van der Waals surface area contributed by atoms with Crippen molar-refractivity contribution in [2.45, 2.75) is 39.4 Å². The summed E-state index contributed by atoms with van der Waals surface area (Å²) in [4.78, 5) is 19.7. The van der Waals surface area contributed by atoms with E-state index in [1.807, 2.05) is 17.1 Å². The zero-order valence-corrected chi connectivity index (χ0v) is 14.5. The van der Waals surface area contributed by atoms with Crippen molar-refractivity contribution in [1.29, 1.82) is 0 Å². The lowest BCUT2D eigenvalue weighted by molar-refractivity contribution is 0.243. The topological polar surface area (TPSA) is 72.6 Å². The molecular formula is C18H21N7. The normalized spacial score (nSPS) is 14.7. The maximum atomic E-state index is 4.72. The number of hydrogen-bond acceptors (Lipinski definition) is 6. The van der Waals surface area contributed by atoms with Crippen molar-refractivity contribution in [3.8, 4) is 11.4 Å². The number of aromatic nitrogens is 6. The third kappa shape index (κ3) is 3.41. The van der Waals surface area contributed by atoms with E-state index in [1.165, 1.54) is 17.5 Å². The van der Waals surface area contributed by atoms with Gasteiger partial charge in [-0.25, -0.2) is 19.9 Å². The van der Waals surface area contributed by atoms with Gasteiger partial charge in [0, 0.05) is 68.0 Å². The minimum atomic E-state index is 0.393. The fraction of sp³-hybridized carbons (Fsp3) is 0.389. The fourth-order valence-corrected chi connectivity index (χ4v) is 3.06. The molecule has 0 aromatic carbocycles. The Morgan fingerprint density at radius 2 is 1.96 bits per heavy atom. The maximum absolute atomic E-state index is 4.72. The van der Waals surface area contributed by atoms with Crippen molar-refractivity contribution in [2.75, 3.05) is 6.54 Å². The summed E-state index contributed by atoms with van der Waals surface area (Å²) in [5.41, 5.74) is 4.43. The molecule has 3 aromatic heterocycles. The van der Waals surface area contributed by atoms with E-state index in [1.54, 1.807) is 12.4 Å². The van der Waals surface area contributed by atoms with Gasteiger partial charge in [0.15, 0.2) is 5.82 Å². The Morgan fingerprint density at radius 1 is 1.12 bits per heavy atom. The molecule has 3 aromatic rings. The standard InChI is InChI=1S/C18H21N7/c1-13(2)25-10-14(5-22-25)9-24-4-3-17-16(11-24)8-21-18(23-17)15-6-19-12-20-7-15/h5-8,10,12-13H,3-4,9,11H2,1-2H3. The first kappa shape index (κ1) is 15.8. The molecule has 0 unspecified atom stereocenters. The van der Waals surface area contributed by atoms with Crippen LogP contribution in [0.1, 0.15) is 36.7 Å². The average molecular weight is 335 g/mol. The van der Waals surface area contributed by atoms with E-state index >= 15 is 0 Å². The van der Waals surface area contributed by atoms with Crippen molar-refractivity contribution in [1.82, 2.24) is 34.6 Å². The number of rotatable bonds is 4. The van der Waals surface area contributed by atoms with E-state index in [-0.39, 0.29) is 0 Å². The third-order valence-corrected chi connectivity index (χ3v) is 4.42. The highest BCUT2D eigenvalue weighted by Crippen LogP contribution is 2.21. The molecule has 0 fully saturated rings. The van der Waals surface area contributed by atoms with Crippen molar-refractivity contribution in [3.05, 3.63) is 54.1 Å². The smallest absolute Gasteiger partial charge is 0.162 e. The molecule has 7 heteroatoms. The van der Waals surface area contributed by atoms with Gasteiger partial charge in [-0.15, -0.1) is 0 Å². The van der Waals surface area contributed by atoms with Crippen LogP contribution in [0.15, 0.2) is 37.3 Å². The molecule has 0 amide bonds. The van der Waals surface area contributed by atoms with Crippen LogP contribution in [0.4, 0.5) is 0 Å². The SMILES string of the molecule is CC(C)n1cc(CN2CCc3nc(-c4cncnc4)ncc3C2)cn1. The predicted octanol–water partition coefficient (Wildman–Crippen LogP) is 2.27. The Bertz CT molecular complexity index is 857. The number of fused-ring (bicyclic) bond motifs is 1. The summed E-state index contributed by atoms with van der Waals surface area (Å²) in [5.74, 6) is 0.700. The Hall–Kier alpha value is -2.67. The molecule has 0 aliphatic carbocycles. The second kappa shape index (κ2) is 6.68. The van der Waals surface area contributed by atoms with Crippen molar-refractivity contribution in [3.63, 3.8) is 0 Å². The molecule has 1 aliphatic heterocycles. The molecule has 25 heavy (non-hydrogen) atoms. The molecule has 7 nitrogen and oxygen atoms in total. The molecule has 0 radical (unpaired) electrons. The lowest BCUT2D eigenvalue weighted by Gasteiger charge is -2.27. The quantitative estimate of drug-likeness (QED) is 0.728. The molecular weight excluding hydrogens is 314 g/mol. The van der Waals surface area contributed by atoms with Crippen LogP contribution in [0.2, 0.25) is 0 Å². The number of hydrogen-bond donors (Lipinski definition) is 0. The van der Waals surface area contributed by atoms with Crippen LogP contribution < -0.4 is 0 Å². The van der Waals surface area contributed by atoms with Crippen LogP contribution >= 0.6 is 0 Å². The Balaban J connectivity index is 1.48. The molecule has 0 N–H and O–H groups in total. The highest BCUT2D eigenvalue weighted by Gasteiger charge is 2.19. The Morgan fingerprint density at radius 3 is 2.72 bits per heavy atom. The molecule has 128 valence electrons. The van der Waals surface area contributed by atoms with Crippen LogP contribution in [0, 0.1) is 0 Å². The molecule has 0 saturated carbocycles. The molecule has 4 heterocycles. The lowest BCUT2D eigenvalue weighted by atomic mass is 10.1. The largest absolute Gasteiger partial charge is 0.294 e. The monoisotopic (exact) mass is 335 g/mol. The predicted molar refractivity (Wildman–Crippen MR) is 93.5 cm³/mol. The zero-order valence-electron chi connectivity index (χ0n) is 14.5. The molecule has 0 bridgehead atoms. The van der Waals surface area contributed by atoms with Gasteiger partial charge in [-0.3, -0.25) is 9.58 Å². The average Bonchev–Trinajstić information content (AvgIpc) is 3.11. The van der Waals surface area contributed by atoms with Crippen molar-refractivity contribution < 1.29 is 0 Å². The van der Waals surface area contributed by atoms with Crippen LogP contribution in [-0.2, 0) is 19.5 Å². The van der Waals surface area contributed by atoms with E-state index in [2.05, 4.69) is 45.0 Å². The van der Waals surface area contributed by atoms with Gasteiger partial charge in [-0.2, -0.15) is 5.10 Å². The van der Waals surface area contributed by atoms with Crippen LogP contribution in [-0.4, -0.2) is 41.2 Å². The molecule has 0 spiro atoms. The third-order valence-electron chi connectivity index (χ3n) is 4.42. The summed E-state index contributed by atoms with van der Waals surface area (Å²) in [7, 11) is 0. The summed E-state index contributed by atoms with van der Waals surface area (Å²) in [6.45, 7) is 7.04. The molecule has 4 rings (SSSR count). The second-order valence-electron chi connectivity index (χ2n) is 6.68. The van der Waals surface area contributed by atoms with Gasteiger partial charge in [-0.1, -0.05) is 0 Å². The highest BCUT2D eigenvalue weighted by molar-refractivity contribution is 5.52. The summed E-state index contributed by atoms with van der Waals surface area (Å²) >= 11 is 0. The van der Waals surface area contributed by atoms with E-state index < -0.39 is 0 Å². The number of nitrogens with zero attached hydrogens (tertiary/aromatic N) is 7. The first-order valence-electron chi connectivity index (χ1n) is 8.54. The molecule has 0 atom stereocenters. The Kier molecular flexibility index (Phi) is 4.23. The zero-order chi connectivity index (χ0) is 17.2. The first-order valence-corrected chi connectivity index (χ1v) is 8.54. The van der Waals surface area contributed by atoms with E-state index in [0.717, 1.165) is 37.3 Å².